The summed E-state index contributed by atoms with van der Waals surface area (Å²) in [7, 11) is 1.70. The molecule has 0 aliphatic heterocycles. The molecule has 0 unspecified atom stereocenters. The van der Waals surface area contributed by atoms with E-state index in [4.69, 9.17) is 9.72 Å². The zero-order valence-electron chi connectivity index (χ0n) is 12.5. The summed E-state index contributed by atoms with van der Waals surface area (Å²) in [6.45, 7) is 3.02. The second kappa shape index (κ2) is 6.00. The minimum atomic E-state index is 0.826. The quantitative estimate of drug-likeness (QED) is 0.705. The van der Waals surface area contributed by atoms with Crippen molar-refractivity contribution in [3.05, 3.63) is 59.9 Å². The molecule has 0 atom stereocenters. The number of fused-ring (bicyclic) bond motifs is 1. The van der Waals surface area contributed by atoms with Crippen molar-refractivity contribution in [3.63, 3.8) is 0 Å². The number of methoxy groups -OCH3 is 1. The number of hydrogen-bond acceptors (Lipinski definition) is 2. The topological polar surface area (TPSA) is 27.1 Å². The van der Waals surface area contributed by atoms with Crippen LogP contribution in [0.25, 0.3) is 11.0 Å². The predicted octanol–water partition coefficient (Wildman–Crippen LogP) is 4.05. The van der Waals surface area contributed by atoms with Gasteiger partial charge < -0.3 is 9.30 Å². The summed E-state index contributed by atoms with van der Waals surface area (Å²) >= 11 is 0. The largest absolute Gasteiger partial charge is 0.497 e. The number of aryl methyl sites for hydroxylation is 1. The smallest absolute Gasteiger partial charge is 0.119 e. The predicted molar refractivity (Wildman–Crippen MR) is 85.8 cm³/mol. The standard InChI is InChI=1S/C18H20N2O/c1-3-7-18-19-16-10-4-5-11-17(16)20(18)13-14-8-6-9-15(12-14)21-2/h4-6,8-12H,3,7,13H2,1-2H3. The first-order chi connectivity index (χ1) is 10.3. The van der Waals surface area contributed by atoms with Gasteiger partial charge in [-0.1, -0.05) is 31.2 Å². The lowest BCUT2D eigenvalue weighted by atomic mass is 10.2. The third-order valence-electron chi connectivity index (χ3n) is 3.68. The molecule has 0 fully saturated rings. The highest BCUT2D eigenvalue weighted by Gasteiger charge is 2.10. The van der Waals surface area contributed by atoms with Crippen LogP contribution in [0.2, 0.25) is 0 Å². The number of imidazole rings is 1. The van der Waals surface area contributed by atoms with E-state index in [-0.39, 0.29) is 0 Å². The van der Waals surface area contributed by atoms with Crippen molar-refractivity contribution < 1.29 is 4.74 Å². The average Bonchev–Trinajstić information content (AvgIpc) is 2.86. The summed E-state index contributed by atoms with van der Waals surface area (Å²) in [4.78, 5) is 4.77. The third-order valence-corrected chi connectivity index (χ3v) is 3.68. The molecule has 108 valence electrons. The number of para-hydroxylation sites is 2. The van der Waals surface area contributed by atoms with Crippen molar-refractivity contribution in [3.8, 4) is 5.75 Å². The molecule has 0 amide bonds. The maximum Gasteiger partial charge on any atom is 0.119 e. The average molecular weight is 280 g/mol. The molecule has 0 aliphatic rings. The van der Waals surface area contributed by atoms with Crippen molar-refractivity contribution >= 4 is 11.0 Å². The van der Waals surface area contributed by atoms with Crippen LogP contribution < -0.4 is 4.74 Å². The van der Waals surface area contributed by atoms with Crippen LogP contribution in [0.1, 0.15) is 24.7 Å². The lowest BCUT2D eigenvalue weighted by Crippen LogP contribution is -2.05. The Morgan fingerprint density at radius 2 is 1.95 bits per heavy atom. The molecular weight excluding hydrogens is 260 g/mol. The van der Waals surface area contributed by atoms with Crippen molar-refractivity contribution in [2.45, 2.75) is 26.3 Å². The zero-order chi connectivity index (χ0) is 14.7. The van der Waals surface area contributed by atoms with Gasteiger partial charge in [0.05, 0.1) is 18.1 Å². The van der Waals surface area contributed by atoms with Crippen molar-refractivity contribution in [2.75, 3.05) is 7.11 Å². The summed E-state index contributed by atoms with van der Waals surface area (Å²) in [5.74, 6) is 2.05. The molecular formula is C18H20N2O. The first-order valence-corrected chi connectivity index (χ1v) is 7.39. The van der Waals surface area contributed by atoms with E-state index in [1.54, 1.807) is 7.11 Å². The number of aromatic nitrogens is 2. The zero-order valence-corrected chi connectivity index (χ0v) is 12.5. The van der Waals surface area contributed by atoms with Crippen molar-refractivity contribution in [1.82, 2.24) is 9.55 Å². The highest BCUT2D eigenvalue weighted by atomic mass is 16.5. The van der Waals surface area contributed by atoms with Gasteiger partial charge in [0.1, 0.15) is 11.6 Å². The summed E-state index contributed by atoms with van der Waals surface area (Å²) in [5.41, 5.74) is 3.50. The minimum absolute atomic E-state index is 0.826. The Balaban J connectivity index is 2.03. The summed E-state index contributed by atoms with van der Waals surface area (Å²) in [6.07, 6.45) is 2.10. The summed E-state index contributed by atoms with van der Waals surface area (Å²) in [6, 6.07) is 16.6. The molecule has 0 radical (unpaired) electrons. The van der Waals surface area contributed by atoms with E-state index in [2.05, 4.69) is 41.8 Å². The molecule has 1 heterocycles. The van der Waals surface area contributed by atoms with E-state index in [0.717, 1.165) is 36.5 Å². The van der Waals surface area contributed by atoms with Crippen LogP contribution >= 0.6 is 0 Å². The maximum atomic E-state index is 5.31. The van der Waals surface area contributed by atoms with Crippen LogP contribution in [0.4, 0.5) is 0 Å². The van der Waals surface area contributed by atoms with E-state index >= 15 is 0 Å². The Hall–Kier alpha value is -2.29. The number of benzene rings is 2. The van der Waals surface area contributed by atoms with Crippen LogP contribution in [-0.4, -0.2) is 16.7 Å². The molecule has 0 saturated heterocycles. The number of hydrogen-bond donors (Lipinski definition) is 0. The molecule has 0 saturated carbocycles. The first-order valence-electron chi connectivity index (χ1n) is 7.39. The maximum absolute atomic E-state index is 5.31. The van der Waals surface area contributed by atoms with Crippen molar-refractivity contribution in [2.24, 2.45) is 0 Å². The molecule has 3 rings (SSSR count). The number of nitrogens with zero attached hydrogens (tertiary/aromatic N) is 2. The molecule has 2 aromatic carbocycles. The van der Waals surface area contributed by atoms with E-state index in [1.807, 2.05) is 18.2 Å². The van der Waals surface area contributed by atoms with Crippen LogP contribution in [0, 0.1) is 0 Å². The van der Waals surface area contributed by atoms with Crippen LogP contribution in [0.15, 0.2) is 48.5 Å². The van der Waals surface area contributed by atoms with Crippen LogP contribution in [0.5, 0.6) is 5.75 Å². The molecule has 0 N–H and O–H groups in total. The van der Waals surface area contributed by atoms with E-state index in [0.29, 0.717) is 0 Å². The van der Waals surface area contributed by atoms with Gasteiger partial charge in [0.25, 0.3) is 0 Å². The lowest BCUT2D eigenvalue weighted by Gasteiger charge is -2.10. The Morgan fingerprint density at radius 3 is 2.76 bits per heavy atom. The lowest BCUT2D eigenvalue weighted by molar-refractivity contribution is 0.414. The summed E-state index contributed by atoms with van der Waals surface area (Å²) < 4.78 is 7.63. The van der Waals surface area contributed by atoms with Gasteiger partial charge in [0.2, 0.25) is 0 Å². The monoisotopic (exact) mass is 280 g/mol. The van der Waals surface area contributed by atoms with Gasteiger partial charge in [-0.05, 0) is 36.2 Å². The fraction of sp³-hybridized carbons (Fsp3) is 0.278. The second-order valence-corrected chi connectivity index (χ2v) is 5.20. The normalized spacial score (nSPS) is 11.0. The highest BCUT2D eigenvalue weighted by Crippen LogP contribution is 2.20. The molecule has 1 aromatic heterocycles. The summed E-state index contributed by atoms with van der Waals surface area (Å²) in [5, 5.41) is 0. The highest BCUT2D eigenvalue weighted by molar-refractivity contribution is 5.76. The van der Waals surface area contributed by atoms with Gasteiger partial charge >= 0.3 is 0 Å². The fourth-order valence-corrected chi connectivity index (χ4v) is 2.67. The Morgan fingerprint density at radius 1 is 1.10 bits per heavy atom. The molecule has 0 aliphatic carbocycles. The molecule has 0 spiro atoms. The van der Waals surface area contributed by atoms with E-state index in [9.17, 15) is 0 Å². The van der Waals surface area contributed by atoms with Crippen LogP contribution in [0.3, 0.4) is 0 Å². The molecule has 3 nitrogen and oxygen atoms in total. The van der Waals surface area contributed by atoms with Gasteiger partial charge in [-0.3, -0.25) is 0 Å². The van der Waals surface area contributed by atoms with Gasteiger partial charge in [-0.25, -0.2) is 4.98 Å². The first kappa shape index (κ1) is 13.7. The molecule has 3 aromatic rings. The second-order valence-electron chi connectivity index (χ2n) is 5.20. The minimum Gasteiger partial charge on any atom is -0.497 e. The SMILES string of the molecule is CCCc1nc2ccccc2n1Cc1cccc(OC)c1. The fourth-order valence-electron chi connectivity index (χ4n) is 2.67. The molecule has 3 heteroatoms. The number of rotatable bonds is 5. The van der Waals surface area contributed by atoms with Gasteiger partial charge in [0.15, 0.2) is 0 Å². The van der Waals surface area contributed by atoms with Gasteiger partial charge in [-0.2, -0.15) is 0 Å². The van der Waals surface area contributed by atoms with E-state index in [1.165, 1.54) is 11.1 Å². The third kappa shape index (κ3) is 2.77. The van der Waals surface area contributed by atoms with E-state index < -0.39 is 0 Å². The van der Waals surface area contributed by atoms with Gasteiger partial charge in [-0.15, -0.1) is 0 Å². The molecule has 21 heavy (non-hydrogen) atoms. The molecule has 0 bridgehead atoms. The van der Waals surface area contributed by atoms with Crippen molar-refractivity contribution in [1.29, 1.82) is 0 Å². The Bertz CT molecular complexity index is 746. The Kier molecular flexibility index (Phi) is 3.91. The number of ether oxygens (including phenoxy) is 1. The Labute approximate surface area is 125 Å². The van der Waals surface area contributed by atoms with Gasteiger partial charge in [0, 0.05) is 13.0 Å². The van der Waals surface area contributed by atoms with Crippen LogP contribution in [-0.2, 0) is 13.0 Å².